The highest BCUT2D eigenvalue weighted by atomic mass is 19.4. The van der Waals surface area contributed by atoms with Gasteiger partial charge in [-0.25, -0.2) is 9.59 Å². The van der Waals surface area contributed by atoms with Crippen molar-refractivity contribution in [3.63, 3.8) is 0 Å². The quantitative estimate of drug-likeness (QED) is 0.307. The van der Waals surface area contributed by atoms with Gasteiger partial charge in [0.15, 0.2) is 5.65 Å². The summed E-state index contributed by atoms with van der Waals surface area (Å²) in [5, 5.41) is 32.2. The van der Waals surface area contributed by atoms with Crippen LogP contribution in [0.5, 0.6) is 0 Å². The highest BCUT2D eigenvalue weighted by Crippen LogP contribution is 2.24. The van der Waals surface area contributed by atoms with Crippen LogP contribution >= 0.6 is 0 Å². The van der Waals surface area contributed by atoms with E-state index < -0.39 is 24.3 Å². The number of hydrogen-bond donors (Lipinski definition) is 3. The summed E-state index contributed by atoms with van der Waals surface area (Å²) in [5.41, 5.74) is 7.04. The molecule has 5 rings (SSSR count). The highest BCUT2D eigenvalue weighted by molar-refractivity contribution is 5.81. The molecule has 0 bridgehead atoms. The molecule has 10 nitrogen and oxygen atoms in total. The summed E-state index contributed by atoms with van der Waals surface area (Å²) < 4.78 is 67.9. The molecule has 0 unspecified atom stereocenters. The molecule has 0 spiro atoms. The van der Waals surface area contributed by atoms with E-state index >= 15 is 0 Å². The van der Waals surface area contributed by atoms with Gasteiger partial charge in [0.05, 0.1) is 17.1 Å². The molecule has 4 heterocycles. The van der Waals surface area contributed by atoms with Gasteiger partial charge in [-0.3, -0.25) is 9.30 Å². The third kappa shape index (κ3) is 7.94. The van der Waals surface area contributed by atoms with E-state index in [9.17, 15) is 31.4 Å². The molecule has 0 aliphatic carbocycles. The largest absolute Gasteiger partial charge is 0.490 e. The minimum atomic E-state index is -5.08. The minimum absolute atomic E-state index is 0.153. The first-order chi connectivity index (χ1) is 19.0. The van der Waals surface area contributed by atoms with Gasteiger partial charge in [-0.15, -0.1) is 10.2 Å². The molecule has 3 N–H and O–H groups in total. The maximum absolute atomic E-state index is 10.6. The molecule has 1 fully saturated rings. The van der Waals surface area contributed by atoms with Crippen LogP contribution in [0.25, 0.3) is 16.7 Å². The van der Waals surface area contributed by atoms with Crippen LogP contribution in [0.1, 0.15) is 22.6 Å². The monoisotopic (exact) mass is 589 g/mol. The van der Waals surface area contributed by atoms with E-state index in [4.69, 9.17) is 19.8 Å². The summed E-state index contributed by atoms with van der Waals surface area (Å²) in [5.74, 6) is -4.61. The van der Waals surface area contributed by atoms with Gasteiger partial charge in [0.1, 0.15) is 5.82 Å². The fourth-order valence-corrected chi connectivity index (χ4v) is 4.12. The predicted molar refractivity (Wildman–Crippen MR) is 132 cm³/mol. The number of benzene rings is 1. The number of aliphatic hydroxyl groups excluding tert-OH is 1. The zero-order chi connectivity index (χ0) is 30.7. The van der Waals surface area contributed by atoms with Crippen LogP contribution in [0.4, 0.5) is 26.3 Å². The second kappa shape index (κ2) is 12.1. The number of β-amino-alcohol motifs (C(OH)–C–C–N with tert-alkyl or cyclic N) is 1. The lowest BCUT2D eigenvalue weighted by Crippen LogP contribution is -2.49. The molecule has 1 aliphatic heterocycles. The highest BCUT2D eigenvalue weighted by Gasteiger charge is 2.38. The van der Waals surface area contributed by atoms with Crippen LogP contribution in [0, 0.1) is 13.8 Å². The van der Waals surface area contributed by atoms with E-state index in [2.05, 4.69) is 67.4 Å². The summed E-state index contributed by atoms with van der Waals surface area (Å²) in [4.78, 5) is 20.1. The van der Waals surface area contributed by atoms with Crippen molar-refractivity contribution in [3.05, 3.63) is 65.1 Å². The molecule has 0 radical (unpaired) electrons. The number of fused-ring (bicyclic) bond motifs is 3. The van der Waals surface area contributed by atoms with Crippen LogP contribution in [0.2, 0.25) is 0 Å². The standard InChI is InChI=1S/C21H23N5O.2C2HF3O2/c1-14-8-20-19(6-7-21-23-22-15(2)26(20)21)25(14)11-17-5-3-4-16(9-17)10-24-12-18(27)13-24;2*3-2(4,5)1(6)7/h3-9,18,27H,10-13H2,1-2H3;2*(H,6,7). The van der Waals surface area contributed by atoms with Gasteiger partial charge in [0.25, 0.3) is 0 Å². The Labute approximate surface area is 228 Å². The van der Waals surface area contributed by atoms with Crippen molar-refractivity contribution in [2.75, 3.05) is 13.1 Å². The minimum Gasteiger partial charge on any atom is -0.475 e. The fourth-order valence-electron chi connectivity index (χ4n) is 4.12. The van der Waals surface area contributed by atoms with Crippen LogP contribution in [0.15, 0.2) is 42.5 Å². The summed E-state index contributed by atoms with van der Waals surface area (Å²) in [6.45, 7) is 7.42. The number of aryl methyl sites for hydroxylation is 2. The van der Waals surface area contributed by atoms with E-state index in [1.54, 1.807) is 0 Å². The van der Waals surface area contributed by atoms with Crippen molar-refractivity contribution in [3.8, 4) is 0 Å². The van der Waals surface area contributed by atoms with Crippen LogP contribution in [0.3, 0.4) is 0 Å². The van der Waals surface area contributed by atoms with Crippen LogP contribution in [-0.2, 0) is 22.7 Å². The van der Waals surface area contributed by atoms with Gasteiger partial charge in [0.2, 0.25) is 0 Å². The SMILES string of the molecule is Cc1cc2c(ccc3nnc(C)n32)n1Cc1cccc(CN2CC(O)C2)c1.O=C(O)C(F)(F)F.O=C(O)C(F)(F)F. The summed E-state index contributed by atoms with van der Waals surface area (Å²) in [6.07, 6.45) is -10.3. The average molecular weight is 589 g/mol. The van der Waals surface area contributed by atoms with Crippen molar-refractivity contribution in [2.45, 2.75) is 45.4 Å². The molecule has 4 aromatic rings. The normalized spacial score (nSPS) is 14.2. The molecule has 222 valence electrons. The van der Waals surface area contributed by atoms with Gasteiger partial charge >= 0.3 is 24.3 Å². The number of carbonyl (C=O) groups is 2. The zero-order valence-corrected chi connectivity index (χ0v) is 21.6. The molecule has 1 aromatic carbocycles. The van der Waals surface area contributed by atoms with Crippen molar-refractivity contribution in [1.29, 1.82) is 0 Å². The zero-order valence-electron chi connectivity index (χ0n) is 21.6. The van der Waals surface area contributed by atoms with Crippen molar-refractivity contribution >= 4 is 28.6 Å². The van der Waals surface area contributed by atoms with E-state index in [-0.39, 0.29) is 6.10 Å². The molecule has 1 aliphatic rings. The number of carboxylic acids is 2. The maximum atomic E-state index is 10.6. The van der Waals surface area contributed by atoms with E-state index in [1.807, 2.05) is 13.0 Å². The summed E-state index contributed by atoms with van der Waals surface area (Å²) in [7, 11) is 0. The third-order valence-corrected chi connectivity index (χ3v) is 5.97. The first-order valence-corrected chi connectivity index (χ1v) is 11.9. The molecule has 16 heteroatoms. The van der Waals surface area contributed by atoms with Crippen molar-refractivity contribution in [2.24, 2.45) is 0 Å². The van der Waals surface area contributed by atoms with Crippen molar-refractivity contribution < 1.29 is 51.3 Å². The Hall–Kier alpha value is -4.18. The Balaban J connectivity index is 0.000000276. The number of aliphatic carboxylic acids is 2. The number of likely N-dealkylation sites (tertiary alicyclic amines) is 1. The molecule has 0 amide bonds. The fraction of sp³-hybridized carbons (Fsp3) is 0.360. The Bertz CT molecular complexity index is 1520. The second-order valence-electron chi connectivity index (χ2n) is 9.19. The number of alkyl halides is 6. The van der Waals surface area contributed by atoms with Gasteiger partial charge in [-0.1, -0.05) is 24.3 Å². The molecule has 0 saturated carbocycles. The molecule has 41 heavy (non-hydrogen) atoms. The Morgan fingerprint density at radius 3 is 1.90 bits per heavy atom. The molecular weight excluding hydrogens is 564 g/mol. The van der Waals surface area contributed by atoms with E-state index in [0.29, 0.717) is 0 Å². The number of pyridine rings is 1. The first-order valence-electron chi connectivity index (χ1n) is 11.9. The molecular formula is C25H25F6N5O5. The average Bonchev–Trinajstić information content (AvgIpc) is 3.37. The lowest BCUT2D eigenvalue weighted by molar-refractivity contribution is -0.193. The third-order valence-electron chi connectivity index (χ3n) is 5.97. The smallest absolute Gasteiger partial charge is 0.475 e. The maximum Gasteiger partial charge on any atom is 0.490 e. The first kappa shape index (κ1) is 31.3. The Kier molecular flexibility index (Phi) is 9.28. The van der Waals surface area contributed by atoms with Crippen LogP contribution < -0.4 is 0 Å². The number of carboxylic acid groups (broad SMARTS) is 2. The predicted octanol–water partition coefficient (Wildman–Crippen LogP) is 3.79. The summed E-state index contributed by atoms with van der Waals surface area (Å²) >= 11 is 0. The van der Waals surface area contributed by atoms with Gasteiger partial charge in [0, 0.05) is 31.9 Å². The van der Waals surface area contributed by atoms with E-state index in [0.717, 1.165) is 43.2 Å². The van der Waals surface area contributed by atoms with Gasteiger partial charge < -0.3 is 19.9 Å². The lowest BCUT2D eigenvalue weighted by Gasteiger charge is -2.35. The molecule has 1 saturated heterocycles. The number of halogens is 6. The number of aromatic nitrogens is 4. The lowest BCUT2D eigenvalue weighted by atomic mass is 10.1. The van der Waals surface area contributed by atoms with E-state index in [1.165, 1.54) is 22.3 Å². The van der Waals surface area contributed by atoms with Crippen LogP contribution in [-0.4, -0.2) is 82.9 Å². The number of nitrogens with zero attached hydrogens (tertiary/aromatic N) is 5. The molecule has 3 aromatic heterocycles. The summed E-state index contributed by atoms with van der Waals surface area (Å²) in [6, 6.07) is 15.1. The second-order valence-corrected chi connectivity index (χ2v) is 9.19. The Morgan fingerprint density at radius 2 is 1.39 bits per heavy atom. The van der Waals surface area contributed by atoms with Gasteiger partial charge in [-0.2, -0.15) is 26.3 Å². The van der Waals surface area contributed by atoms with Crippen molar-refractivity contribution in [1.82, 2.24) is 24.1 Å². The van der Waals surface area contributed by atoms with Gasteiger partial charge in [-0.05, 0) is 43.2 Å². The Morgan fingerprint density at radius 1 is 0.854 bits per heavy atom. The number of hydrogen-bond acceptors (Lipinski definition) is 6. The number of aliphatic hydroxyl groups is 1. The topological polar surface area (TPSA) is 133 Å². The number of rotatable bonds is 4. The molecule has 0 atom stereocenters.